The van der Waals surface area contributed by atoms with E-state index in [1.165, 1.54) is 18.3 Å². The van der Waals surface area contributed by atoms with Gasteiger partial charge in [-0.3, -0.25) is 49.3 Å². The Morgan fingerprint density at radius 1 is 0.947 bits per heavy atom. The van der Waals surface area contributed by atoms with Crippen LogP contribution in [0.5, 0.6) is 5.75 Å². The fourth-order valence-corrected chi connectivity index (χ4v) is 13.2. The Morgan fingerprint density at radius 2 is 1.70 bits per heavy atom. The number of benzene rings is 3. The molecular weight excluding hydrogens is 1010 g/mol. The summed E-state index contributed by atoms with van der Waals surface area (Å²) in [6.07, 6.45) is 0.00915. The van der Waals surface area contributed by atoms with Gasteiger partial charge in [-0.1, -0.05) is 49.4 Å². The molecule has 2 spiro atoms. The van der Waals surface area contributed by atoms with Crippen LogP contribution in [-0.2, 0) is 26.0 Å². The minimum atomic E-state index is -4.72. The van der Waals surface area contributed by atoms with Gasteiger partial charge in [0.05, 0.1) is 40.0 Å². The number of alkyl halides is 3. The van der Waals surface area contributed by atoms with Crippen molar-refractivity contribution < 1.29 is 55.5 Å². The number of aromatic nitrogens is 1. The Bertz CT molecular complexity index is 3240. The molecule has 3 N–H and O–H groups in total. The predicted molar refractivity (Wildman–Crippen MR) is 268 cm³/mol. The first-order valence-corrected chi connectivity index (χ1v) is 26.0. The molecule has 20 heteroatoms. The summed E-state index contributed by atoms with van der Waals surface area (Å²) in [5.74, 6) is -0.179. The monoisotopic (exact) mass is 1070 g/mol. The second-order valence-electron chi connectivity index (χ2n) is 22.1. The number of carbonyl (C=O) groups excluding carboxylic acids is 6. The molecule has 6 atom stereocenters. The SMILES string of the molecule is C[C@@H]1CN(C(=O)[C@@H]2NC3(CCC(C)(C)CC3)[C@@]3(CNc4cc(C(F)(F)F)ncc43)[C@H]2c2cccc(Cl)c2F)c2ccc(C(=O)N3CCC[C@@H](CC#Cc4cc5c(cc4F)C(=O)N([C@H]4CCC(=O)NC4=O)C5=O)C3)cc2O1. The molecule has 76 heavy (non-hydrogen) atoms. The highest BCUT2D eigenvalue weighted by Gasteiger charge is 2.70. The van der Waals surface area contributed by atoms with Crippen LogP contribution in [0.2, 0.25) is 5.02 Å². The van der Waals surface area contributed by atoms with Crippen molar-refractivity contribution >= 4 is 58.4 Å². The van der Waals surface area contributed by atoms with Gasteiger partial charge in [0.2, 0.25) is 17.7 Å². The topological polar surface area (TPSA) is 170 Å². The van der Waals surface area contributed by atoms with Crippen LogP contribution < -0.4 is 25.6 Å². The molecule has 14 nitrogen and oxygen atoms in total. The van der Waals surface area contributed by atoms with Gasteiger partial charge in [-0.25, -0.2) is 8.78 Å². The first-order chi connectivity index (χ1) is 36.1. The zero-order valence-electron chi connectivity index (χ0n) is 41.8. The lowest BCUT2D eigenvalue weighted by atomic mass is 9.54. The molecule has 0 bridgehead atoms. The number of fused-ring (bicyclic) bond motifs is 5. The number of carbonyl (C=O) groups is 6. The zero-order valence-corrected chi connectivity index (χ0v) is 42.5. The molecule has 3 saturated heterocycles. The van der Waals surface area contributed by atoms with E-state index in [2.05, 4.69) is 46.6 Å². The summed E-state index contributed by atoms with van der Waals surface area (Å²) in [7, 11) is 0. The Hall–Kier alpha value is -6.91. The standard InChI is InChI=1S/C56H53ClF5N7O7/c1-29-26-68(52(75)47-45(33-10-5-11-37(57)46(33)59)55(54(66-47)18-16-53(2,3)17-19-54)28-64-39-24-43(56(60,61)62)63-25-36(39)55)40-13-12-32(22-42(40)76-29)49(72)67-20-6-8-30(27-67)7-4-9-31-21-34-35(23-38(31)58)51(74)69(50(34)73)41-14-15-44(70)65-48(41)71/h5,10-13,21-25,29-30,41,45,47,64,66H,6-8,14-20,26-28H2,1-3H3,(H,65,70,71)/t29-,30-,41+,45+,47-,55-/m1/s1. The van der Waals surface area contributed by atoms with E-state index in [1.807, 2.05) is 0 Å². The summed E-state index contributed by atoms with van der Waals surface area (Å²) in [6.45, 7) is 7.06. The lowest BCUT2D eigenvalue weighted by molar-refractivity contribution is -0.141. The summed E-state index contributed by atoms with van der Waals surface area (Å²) >= 11 is 6.50. The predicted octanol–water partition coefficient (Wildman–Crippen LogP) is 8.30. The van der Waals surface area contributed by atoms with Crippen LogP contribution >= 0.6 is 11.6 Å². The molecular formula is C56H53ClF5N7O7. The molecule has 7 aliphatic rings. The Morgan fingerprint density at radius 3 is 2.43 bits per heavy atom. The van der Waals surface area contributed by atoms with Crippen molar-refractivity contribution in [3.63, 3.8) is 0 Å². The van der Waals surface area contributed by atoms with E-state index >= 15 is 13.6 Å². The van der Waals surface area contributed by atoms with E-state index in [1.54, 1.807) is 47.1 Å². The third kappa shape index (κ3) is 8.46. The van der Waals surface area contributed by atoms with Crippen LogP contribution in [0.15, 0.2) is 60.8 Å². The molecule has 7 heterocycles. The summed E-state index contributed by atoms with van der Waals surface area (Å²) in [5, 5.41) is 8.98. The van der Waals surface area contributed by atoms with Gasteiger partial charge < -0.3 is 19.9 Å². The van der Waals surface area contributed by atoms with Crippen LogP contribution in [0.3, 0.4) is 0 Å². The molecule has 3 aromatic carbocycles. The van der Waals surface area contributed by atoms with Gasteiger partial charge in [-0.15, -0.1) is 0 Å². The van der Waals surface area contributed by atoms with Gasteiger partial charge in [0.25, 0.3) is 17.7 Å². The Labute approximate surface area is 439 Å². The van der Waals surface area contributed by atoms with E-state index in [4.69, 9.17) is 16.3 Å². The van der Waals surface area contributed by atoms with Crippen LogP contribution in [-0.4, -0.2) is 100 Å². The van der Waals surface area contributed by atoms with Gasteiger partial charge in [-0.2, -0.15) is 13.2 Å². The van der Waals surface area contributed by atoms with E-state index in [0.717, 1.165) is 23.5 Å². The van der Waals surface area contributed by atoms with Crippen LogP contribution in [0.4, 0.5) is 33.3 Å². The number of imide groups is 2. The molecule has 6 amide bonds. The molecule has 4 aromatic rings. The van der Waals surface area contributed by atoms with Gasteiger partial charge in [0.1, 0.15) is 35.2 Å². The van der Waals surface area contributed by atoms with Crippen LogP contribution in [0.1, 0.15) is 138 Å². The second-order valence-corrected chi connectivity index (χ2v) is 22.5. The Kier molecular flexibility index (Phi) is 12.6. The molecule has 1 aliphatic carbocycles. The fraction of sp³-hybridized carbons (Fsp3) is 0.446. The first kappa shape index (κ1) is 51.2. The van der Waals surface area contributed by atoms with E-state index < -0.39 is 88.1 Å². The highest BCUT2D eigenvalue weighted by Crippen LogP contribution is 2.64. The summed E-state index contributed by atoms with van der Waals surface area (Å²) < 4.78 is 80.8. The average molecular weight is 1070 g/mol. The second kappa shape index (κ2) is 18.7. The number of hydrogen-bond acceptors (Lipinski definition) is 10. The molecule has 0 radical (unpaired) electrons. The molecule has 1 aromatic heterocycles. The van der Waals surface area contributed by atoms with Crippen molar-refractivity contribution in [2.45, 2.75) is 120 Å². The number of anilines is 2. The van der Waals surface area contributed by atoms with E-state index in [-0.39, 0.29) is 88.3 Å². The minimum absolute atomic E-state index is 0.0427. The number of rotatable bonds is 5. The molecule has 6 aliphatic heterocycles. The highest BCUT2D eigenvalue weighted by molar-refractivity contribution is 6.30. The number of likely N-dealkylation sites (tertiary alicyclic amines) is 1. The molecule has 1 saturated carbocycles. The van der Waals surface area contributed by atoms with Gasteiger partial charge in [-0.05, 0) is 111 Å². The number of ether oxygens (including phenoxy) is 1. The third-order valence-corrected chi connectivity index (χ3v) is 17.2. The maximum atomic E-state index is 16.7. The maximum absolute atomic E-state index is 16.7. The molecule has 0 unspecified atom stereocenters. The lowest BCUT2D eigenvalue weighted by Crippen LogP contribution is -2.60. The summed E-state index contributed by atoms with van der Waals surface area (Å²) in [5.41, 5.74) is -2.11. The number of halogens is 6. The molecule has 396 valence electrons. The van der Waals surface area contributed by atoms with Crippen LogP contribution in [0, 0.1) is 34.8 Å². The third-order valence-electron chi connectivity index (χ3n) is 16.9. The fourth-order valence-electron chi connectivity index (χ4n) is 13.0. The van der Waals surface area contributed by atoms with E-state index in [9.17, 15) is 37.1 Å². The number of pyridine rings is 1. The van der Waals surface area contributed by atoms with Crippen molar-refractivity contribution in [2.24, 2.45) is 11.3 Å². The van der Waals surface area contributed by atoms with E-state index in [0.29, 0.717) is 62.0 Å². The van der Waals surface area contributed by atoms with Gasteiger partial charge >= 0.3 is 6.18 Å². The smallest absolute Gasteiger partial charge is 0.433 e. The van der Waals surface area contributed by atoms with Crippen molar-refractivity contribution in [1.82, 2.24) is 25.4 Å². The Balaban J connectivity index is 0.847. The molecule has 4 fully saturated rings. The highest BCUT2D eigenvalue weighted by atomic mass is 35.5. The largest absolute Gasteiger partial charge is 0.487 e. The lowest BCUT2D eigenvalue weighted by Gasteiger charge is -2.51. The van der Waals surface area contributed by atoms with Gasteiger partial charge in [0, 0.05) is 72.4 Å². The van der Waals surface area contributed by atoms with Crippen molar-refractivity contribution in [2.75, 3.05) is 36.4 Å². The average Bonchev–Trinajstić information content (AvgIpc) is 4.15. The quantitative estimate of drug-likeness (QED) is 0.100. The van der Waals surface area contributed by atoms with Crippen molar-refractivity contribution in [3.8, 4) is 17.6 Å². The maximum Gasteiger partial charge on any atom is 0.433 e. The number of amides is 6. The summed E-state index contributed by atoms with van der Waals surface area (Å²) in [6, 6.07) is 10.3. The van der Waals surface area contributed by atoms with Crippen molar-refractivity contribution in [1.29, 1.82) is 0 Å². The number of piperidine rings is 2. The number of hydrogen-bond donors (Lipinski definition) is 3. The number of nitrogens with one attached hydrogen (secondary N) is 3. The van der Waals surface area contributed by atoms with Crippen molar-refractivity contribution in [3.05, 3.63) is 117 Å². The zero-order chi connectivity index (χ0) is 53.8. The number of nitrogens with zero attached hydrogens (tertiary/aromatic N) is 4. The minimum Gasteiger partial charge on any atom is -0.487 e. The van der Waals surface area contributed by atoms with Gasteiger partial charge in [0.15, 0.2) is 0 Å². The normalized spacial score (nSPS) is 26.3. The van der Waals surface area contributed by atoms with Crippen LogP contribution in [0.25, 0.3) is 0 Å². The molecule has 11 rings (SSSR count). The summed E-state index contributed by atoms with van der Waals surface area (Å²) in [4.78, 5) is 88.6. The first-order valence-electron chi connectivity index (χ1n) is 25.6.